The van der Waals surface area contributed by atoms with Crippen molar-refractivity contribution in [2.24, 2.45) is 0 Å². The highest BCUT2D eigenvalue weighted by molar-refractivity contribution is 9.10. The van der Waals surface area contributed by atoms with E-state index in [-0.39, 0.29) is 5.82 Å². The quantitative estimate of drug-likeness (QED) is 0.780. The zero-order valence-electron chi connectivity index (χ0n) is 8.80. The SMILES string of the molecule is Cc1cc(N)cc(-c2cccc(Br)c2F)c1. The molecule has 0 radical (unpaired) electrons. The van der Waals surface area contributed by atoms with Crippen molar-refractivity contribution in [1.29, 1.82) is 0 Å². The Kier molecular flexibility index (Phi) is 2.97. The van der Waals surface area contributed by atoms with Crippen molar-refractivity contribution >= 4 is 21.6 Å². The summed E-state index contributed by atoms with van der Waals surface area (Å²) in [5.41, 5.74) is 8.78. The van der Waals surface area contributed by atoms with Gasteiger partial charge in [-0.05, 0) is 52.2 Å². The highest BCUT2D eigenvalue weighted by Crippen LogP contribution is 2.29. The smallest absolute Gasteiger partial charge is 0.145 e. The number of nitrogen functional groups attached to an aromatic ring is 1. The van der Waals surface area contributed by atoms with Crippen molar-refractivity contribution in [3.8, 4) is 11.1 Å². The molecule has 2 rings (SSSR count). The second-order valence-corrected chi connectivity index (χ2v) is 4.59. The van der Waals surface area contributed by atoms with E-state index in [2.05, 4.69) is 15.9 Å². The largest absolute Gasteiger partial charge is 0.399 e. The zero-order chi connectivity index (χ0) is 11.7. The van der Waals surface area contributed by atoms with Crippen LogP contribution in [0.3, 0.4) is 0 Å². The van der Waals surface area contributed by atoms with Gasteiger partial charge in [0.05, 0.1) is 4.47 Å². The molecule has 0 amide bonds. The Balaban J connectivity index is 2.63. The molecule has 0 aromatic heterocycles. The van der Waals surface area contributed by atoms with Crippen molar-refractivity contribution in [1.82, 2.24) is 0 Å². The minimum atomic E-state index is -0.257. The van der Waals surface area contributed by atoms with Crippen LogP contribution < -0.4 is 5.73 Å². The van der Waals surface area contributed by atoms with E-state index in [1.54, 1.807) is 24.3 Å². The van der Waals surface area contributed by atoms with Gasteiger partial charge in [0.15, 0.2) is 0 Å². The summed E-state index contributed by atoms with van der Waals surface area (Å²) in [6.07, 6.45) is 0. The minimum Gasteiger partial charge on any atom is -0.399 e. The average Bonchev–Trinajstić information content (AvgIpc) is 2.20. The highest BCUT2D eigenvalue weighted by atomic mass is 79.9. The maximum absolute atomic E-state index is 13.9. The fraction of sp³-hybridized carbons (Fsp3) is 0.0769. The molecule has 0 saturated carbocycles. The van der Waals surface area contributed by atoms with Gasteiger partial charge in [-0.2, -0.15) is 0 Å². The van der Waals surface area contributed by atoms with E-state index in [4.69, 9.17) is 5.73 Å². The Morgan fingerprint density at radius 2 is 1.94 bits per heavy atom. The Labute approximate surface area is 102 Å². The first kappa shape index (κ1) is 11.1. The lowest BCUT2D eigenvalue weighted by Crippen LogP contribution is -1.90. The van der Waals surface area contributed by atoms with E-state index in [0.29, 0.717) is 15.7 Å². The topological polar surface area (TPSA) is 26.0 Å². The van der Waals surface area contributed by atoms with E-state index in [9.17, 15) is 4.39 Å². The number of benzene rings is 2. The molecule has 0 aliphatic rings. The van der Waals surface area contributed by atoms with E-state index in [1.807, 2.05) is 19.1 Å². The summed E-state index contributed by atoms with van der Waals surface area (Å²) in [6, 6.07) is 10.8. The van der Waals surface area contributed by atoms with Gasteiger partial charge in [0.25, 0.3) is 0 Å². The number of halogens is 2. The van der Waals surface area contributed by atoms with Crippen molar-refractivity contribution in [3.63, 3.8) is 0 Å². The molecule has 0 aliphatic carbocycles. The van der Waals surface area contributed by atoms with E-state index in [0.717, 1.165) is 11.1 Å². The first-order valence-electron chi connectivity index (χ1n) is 4.89. The molecule has 1 nitrogen and oxygen atoms in total. The lowest BCUT2D eigenvalue weighted by Gasteiger charge is -2.07. The van der Waals surface area contributed by atoms with Crippen LogP contribution in [0.25, 0.3) is 11.1 Å². The van der Waals surface area contributed by atoms with Crippen LogP contribution in [0.2, 0.25) is 0 Å². The summed E-state index contributed by atoms with van der Waals surface area (Å²) in [7, 11) is 0. The van der Waals surface area contributed by atoms with Gasteiger partial charge in [0.2, 0.25) is 0 Å². The van der Waals surface area contributed by atoms with E-state index in [1.165, 1.54) is 0 Å². The summed E-state index contributed by atoms with van der Waals surface area (Å²) in [4.78, 5) is 0. The number of aryl methyl sites for hydroxylation is 1. The zero-order valence-corrected chi connectivity index (χ0v) is 10.4. The number of hydrogen-bond donors (Lipinski definition) is 1. The molecule has 0 bridgehead atoms. The van der Waals surface area contributed by atoms with Gasteiger partial charge in [-0.15, -0.1) is 0 Å². The predicted molar refractivity (Wildman–Crippen MR) is 68.7 cm³/mol. The number of rotatable bonds is 1. The van der Waals surface area contributed by atoms with Crippen LogP contribution in [-0.2, 0) is 0 Å². The summed E-state index contributed by atoms with van der Waals surface area (Å²) < 4.78 is 14.3. The van der Waals surface area contributed by atoms with Crippen LogP contribution in [-0.4, -0.2) is 0 Å². The molecule has 0 saturated heterocycles. The fourth-order valence-electron chi connectivity index (χ4n) is 1.69. The number of anilines is 1. The third-order valence-electron chi connectivity index (χ3n) is 2.36. The van der Waals surface area contributed by atoms with Crippen molar-refractivity contribution in [3.05, 3.63) is 52.3 Å². The molecule has 0 fully saturated rings. The minimum absolute atomic E-state index is 0.257. The van der Waals surface area contributed by atoms with Crippen LogP contribution in [0.4, 0.5) is 10.1 Å². The molecule has 82 valence electrons. The summed E-state index contributed by atoms with van der Waals surface area (Å²) >= 11 is 3.17. The predicted octanol–water partition coefficient (Wildman–Crippen LogP) is 4.15. The number of hydrogen-bond acceptors (Lipinski definition) is 1. The standard InChI is InChI=1S/C13H11BrFN/c1-8-5-9(7-10(16)6-8)11-3-2-4-12(14)13(11)15/h2-7H,16H2,1H3. The third-order valence-corrected chi connectivity index (χ3v) is 2.97. The van der Waals surface area contributed by atoms with Gasteiger partial charge in [-0.25, -0.2) is 4.39 Å². The van der Waals surface area contributed by atoms with E-state index < -0.39 is 0 Å². The Morgan fingerprint density at radius 1 is 1.19 bits per heavy atom. The van der Waals surface area contributed by atoms with Gasteiger partial charge in [0, 0.05) is 11.3 Å². The molecule has 0 atom stereocenters. The second kappa shape index (κ2) is 4.26. The average molecular weight is 280 g/mol. The molecule has 2 aromatic carbocycles. The molecule has 2 aromatic rings. The fourth-order valence-corrected chi connectivity index (χ4v) is 2.06. The highest BCUT2D eigenvalue weighted by Gasteiger charge is 2.08. The monoisotopic (exact) mass is 279 g/mol. The normalized spacial score (nSPS) is 10.4. The van der Waals surface area contributed by atoms with Crippen LogP contribution in [0.5, 0.6) is 0 Å². The van der Waals surface area contributed by atoms with Crippen LogP contribution >= 0.6 is 15.9 Å². The molecule has 0 unspecified atom stereocenters. The lowest BCUT2D eigenvalue weighted by molar-refractivity contribution is 0.624. The van der Waals surface area contributed by atoms with Crippen LogP contribution in [0.1, 0.15) is 5.56 Å². The maximum Gasteiger partial charge on any atom is 0.145 e. The molecular weight excluding hydrogens is 269 g/mol. The Hall–Kier alpha value is -1.35. The van der Waals surface area contributed by atoms with Crippen molar-refractivity contribution in [2.75, 3.05) is 5.73 Å². The van der Waals surface area contributed by atoms with Gasteiger partial charge in [-0.3, -0.25) is 0 Å². The third kappa shape index (κ3) is 2.09. The van der Waals surface area contributed by atoms with Crippen molar-refractivity contribution in [2.45, 2.75) is 6.92 Å². The Bertz CT molecular complexity index is 517. The summed E-state index contributed by atoms with van der Waals surface area (Å²) in [5.74, 6) is -0.257. The van der Waals surface area contributed by atoms with Gasteiger partial charge >= 0.3 is 0 Å². The van der Waals surface area contributed by atoms with Crippen LogP contribution in [0.15, 0.2) is 40.9 Å². The summed E-state index contributed by atoms with van der Waals surface area (Å²) in [6.45, 7) is 1.94. The number of nitrogens with two attached hydrogens (primary N) is 1. The van der Waals surface area contributed by atoms with Gasteiger partial charge in [-0.1, -0.05) is 18.2 Å². The molecule has 0 spiro atoms. The molecular formula is C13H11BrFN. The second-order valence-electron chi connectivity index (χ2n) is 3.73. The molecule has 2 N–H and O–H groups in total. The van der Waals surface area contributed by atoms with E-state index >= 15 is 0 Å². The first-order valence-corrected chi connectivity index (χ1v) is 5.69. The van der Waals surface area contributed by atoms with Gasteiger partial charge < -0.3 is 5.73 Å². The van der Waals surface area contributed by atoms with Gasteiger partial charge in [0.1, 0.15) is 5.82 Å². The molecule has 16 heavy (non-hydrogen) atoms. The maximum atomic E-state index is 13.9. The van der Waals surface area contributed by atoms with Crippen molar-refractivity contribution < 1.29 is 4.39 Å². The molecule has 0 heterocycles. The first-order chi connectivity index (χ1) is 7.58. The lowest BCUT2D eigenvalue weighted by atomic mass is 10.0. The molecule has 0 aliphatic heterocycles. The Morgan fingerprint density at radius 3 is 2.62 bits per heavy atom. The van der Waals surface area contributed by atoms with Crippen LogP contribution in [0, 0.1) is 12.7 Å². The summed E-state index contributed by atoms with van der Waals surface area (Å²) in [5, 5.41) is 0. The molecule has 3 heteroatoms.